The molecule has 4 nitrogen and oxygen atoms in total. The van der Waals surface area contributed by atoms with E-state index in [0.717, 1.165) is 0 Å². The van der Waals surface area contributed by atoms with Gasteiger partial charge < -0.3 is 11.1 Å². The second kappa shape index (κ2) is 5.99. The Morgan fingerprint density at radius 3 is 2.68 bits per heavy atom. The number of nitrogens with one attached hydrogen (secondary N) is 1. The van der Waals surface area contributed by atoms with Gasteiger partial charge in [-0.1, -0.05) is 18.2 Å². The van der Waals surface area contributed by atoms with E-state index in [4.69, 9.17) is 5.73 Å². The summed E-state index contributed by atoms with van der Waals surface area (Å²) in [4.78, 5) is 12.0. The van der Waals surface area contributed by atoms with Gasteiger partial charge in [0.2, 0.25) is 5.91 Å². The molecule has 0 aliphatic rings. The van der Waals surface area contributed by atoms with Gasteiger partial charge in [0, 0.05) is 0 Å². The van der Waals surface area contributed by atoms with Crippen molar-refractivity contribution in [2.24, 2.45) is 0 Å². The predicted octanol–water partition coefficient (Wildman–Crippen LogP) is 2.47. The van der Waals surface area contributed by atoms with Crippen LogP contribution in [0, 0.1) is 0 Å². The van der Waals surface area contributed by atoms with Gasteiger partial charge in [0.05, 0.1) is 26.4 Å². The summed E-state index contributed by atoms with van der Waals surface area (Å²) in [7, 11) is -1.34. The fraction of sp³-hybridized carbons (Fsp3) is 0.154. The van der Waals surface area contributed by atoms with Crippen molar-refractivity contribution in [3.05, 3.63) is 41.8 Å². The van der Waals surface area contributed by atoms with Gasteiger partial charge >= 0.3 is 0 Å². The summed E-state index contributed by atoms with van der Waals surface area (Å²) < 4.78 is 12.8. The molecule has 0 saturated carbocycles. The SMILES string of the molecule is CC(C(=O)Nc1ccccc1N)S(=O)c1cccs1. The minimum Gasteiger partial charge on any atom is -0.397 e. The normalized spacial score (nSPS) is 13.7. The maximum absolute atomic E-state index is 12.2. The minimum absolute atomic E-state index is 0.301. The molecule has 6 heteroatoms. The predicted molar refractivity (Wildman–Crippen MR) is 79.7 cm³/mol. The molecule has 0 radical (unpaired) electrons. The quantitative estimate of drug-likeness (QED) is 0.851. The van der Waals surface area contributed by atoms with Crippen LogP contribution in [-0.2, 0) is 15.6 Å². The van der Waals surface area contributed by atoms with Crippen LogP contribution < -0.4 is 11.1 Å². The third-order valence-corrected chi connectivity index (χ3v) is 5.43. The maximum Gasteiger partial charge on any atom is 0.240 e. The van der Waals surface area contributed by atoms with Crippen molar-refractivity contribution < 1.29 is 9.00 Å². The van der Waals surface area contributed by atoms with Gasteiger partial charge in [-0.15, -0.1) is 11.3 Å². The van der Waals surface area contributed by atoms with Crippen molar-refractivity contribution in [3.63, 3.8) is 0 Å². The molecule has 1 aromatic heterocycles. The van der Waals surface area contributed by atoms with Crippen LogP contribution in [0.3, 0.4) is 0 Å². The van der Waals surface area contributed by atoms with Crippen LogP contribution in [-0.4, -0.2) is 15.4 Å². The summed E-state index contributed by atoms with van der Waals surface area (Å²) >= 11 is 1.38. The molecule has 2 rings (SSSR count). The molecule has 0 saturated heterocycles. The van der Waals surface area contributed by atoms with Crippen LogP contribution >= 0.6 is 11.3 Å². The van der Waals surface area contributed by atoms with Crippen LogP contribution in [0.1, 0.15) is 6.92 Å². The molecule has 2 atom stereocenters. The summed E-state index contributed by atoms with van der Waals surface area (Å²) in [5.74, 6) is -0.301. The highest BCUT2D eigenvalue weighted by Gasteiger charge is 2.22. The molecule has 2 aromatic rings. The third-order valence-electron chi connectivity index (χ3n) is 2.60. The van der Waals surface area contributed by atoms with E-state index in [9.17, 15) is 9.00 Å². The zero-order valence-corrected chi connectivity index (χ0v) is 12.0. The molecule has 0 bridgehead atoms. The monoisotopic (exact) mass is 294 g/mol. The smallest absolute Gasteiger partial charge is 0.240 e. The molecule has 0 aliphatic heterocycles. The lowest BCUT2D eigenvalue weighted by molar-refractivity contribution is -0.115. The zero-order valence-electron chi connectivity index (χ0n) is 10.3. The summed E-state index contributed by atoms with van der Waals surface area (Å²) in [5.41, 5.74) is 6.79. The Kier molecular flexibility index (Phi) is 4.34. The van der Waals surface area contributed by atoms with Crippen molar-refractivity contribution in [1.29, 1.82) is 0 Å². The van der Waals surface area contributed by atoms with Gasteiger partial charge in [0.15, 0.2) is 0 Å². The van der Waals surface area contributed by atoms with Crippen molar-refractivity contribution in [3.8, 4) is 0 Å². The number of thiophene rings is 1. The second-order valence-corrected chi connectivity index (χ2v) is 6.90. The van der Waals surface area contributed by atoms with Gasteiger partial charge in [-0.2, -0.15) is 0 Å². The summed E-state index contributed by atoms with van der Waals surface area (Å²) in [6.07, 6.45) is 0. The summed E-state index contributed by atoms with van der Waals surface area (Å²) in [5, 5.41) is 3.91. The molecule has 19 heavy (non-hydrogen) atoms. The number of para-hydroxylation sites is 2. The molecule has 2 unspecified atom stereocenters. The van der Waals surface area contributed by atoms with Crippen LogP contribution in [0.4, 0.5) is 11.4 Å². The lowest BCUT2D eigenvalue weighted by Crippen LogP contribution is -2.29. The number of nitrogens with two attached hydrogens (primary N) is 1. The number of carbonyl (C=O) groups is 1. The number of hydrogen-bond acceptors (Lipinski definition) is 4. The lowest BCUT2D eigenvalue weighted by atomic mass is 10.2. The molecule has 1 amide bonds. The van der Waals surface area contributed by atoms with Gasteiger partial charge in [0.25, 0.3) is 0 Å². The van der Waals surface area contributed by atoms with E-state index in [1.165, 1.54) is 11.3 Å². The third kappa shape index (κ3) is 3.21. The Labute approximate surface area is 118 Å². The average Bonchev–Trinajstić information content (AvgIpc) is 2.93. The molecule has 0 aliphatic carbocycles. The standard InChI is InChI=1S/C13H14N2O2S2/c1-9(19(17)12-7-4-8-18-12)13(16)15-11-6-3-2-5-10(11)14/h2-9H,14H2,1H3,(H,15,16). The van der Waals surface area contributed by atoms with E-state index in [2.05, 4.69) is 5.32 Å². The number of rotatable bonds is 4. The molecule has 0 fully saturated rings. The largest absolute Gasteiger partial charge is 0.397 e. The molecule has 1 aromatic carbocycles. The summed E-state index contributed by atoms with van der Waals surface area (Å²) in [6.45, 7) is 1.64. The molecule has 0 spiro atoms. The Bertz CT molecular complexity index is 596. The molecular weight excluding hydrogens is 280 g/mol. The highest BCUT2D eigenvalue weighted by Crippen LogP contribution is 2.20. The topological polar surface area (TPSA) is 72.2 Å². The Morgan fingerprint density at radius 2 is 2.05 bits per heavy atom. The highest BCUT2D eigenvalue weighted by molar-refractivity contribution is 7.88. The van der Waals surface area contributed by atoms with E-state index in [1.807, 2.05) is 11.4 Å². The minimum atomic E-state index is -1.34. The molecular formula is C13H14N2O2S2. The summed E-state index contributed by atoms with van der Waals surface area (Å²) in [6, 6.07) is 10.6. The van der Waals surface area contributed by atoms with Gasteiger partial charge in [-0.3, -0.25) is 9.00 Å². The Morgan fingerprint density at radius 1 is 1.32 bits per heavy atom. The highest BCUT2D eigenvalue weighted by atomic mass is 32.2. The number of hydrogen-bond donors (Lipinski definition) is 2. The first-order valence-corrected chi connectivity index (χ1v) is 7.78. The first-order chi connectivity index (χ1) is 9.09. The van der Waals surface area contributed by atoms with Gasteiger partial charge in [0.1, 0.15) is 5.25 Å². The van der Waals surface area contributed by atoms with Crippen LogP contribution in [0.15, 0.2) is 46.0 Å². The fourth-order valence-corrected chi connectivity index (χ4v) is 3.74. The fourth-order valence-electron chi connectivity index (χ4n) is 1.49. The van der Waals surface area contributed by atoms with Crippen molar-refractivity contribution in [2.45, 2.75) is 16.4 Å². The lowest BCUT2D eigenvalue weighted by Gasteiger charge is -2.12. The maximum atomic E-state index is 12.2. The Balaban J connectivity index is 2.08. The second-order valence-electron chi connectivity index (χ2n) is 3.95. The van der Waals surface area contributed by atoms with Crippen LogP contribution in [0.25, 0.3) is 0 Å². The van der Waals surface area contributed by atoms with Crippen LogP contribution in [0.2, 0.25) is 0 Å². The first-order valence-electron chi connectivity index (χ1n) is 5.69. The number of nitrogen functional groups attached to an aromatic ring is 1. The molecule has 3 N–H and O–H groups in total. The van der Waals surface area contributed by atoms with E-state index >= 15 is 0 Å². The van der Waals surface area contributed by atoms with E-state index < -0.39 is 16.0 Å². The van der Waals surface area contributed by atoms with Crippen molar-refractivity contribution >= 4 is 39.4 Å². The van der Waals surface area contributed by atoms with Crippen molar-refractivity contribution in [2.75, 3.05) is 11.1 Å². The van der Waals surface area contributed by atoms with Gasteiger partial charge in [-0.25, -0.2) is 0 Å². The molecule has 1 heterocycles. The van der Waals surface area contributed by atoms with Crippen molar-refractivity contribution in [1.82, 2.24) is 0 Å². The van der Waals surface area contributed by atoms with E-state index in [1.54, 1.807) is 37.3 Å². The number of benzene rings is 1. The Hall–Kier alpha value is -1.66. The zero-order chi connectivity index (χ0) is 13.8. The first kappa shape index (κ1) is 13.8. The number of amides is 1. The van der Waals surface area contributed by atoms with E-state index in [0.29, 0.717) is 15.6 Å². The van der Waals surface area contributed by atoms with Crippen LogP contribution in [0.5, 0.6) is 0 Å². The number of anilines is 2. The average molecular weight is 294 g/mol. The molecule has 100 valence electrons. The van der Waals surface area contributed by atoms with Gasteiger partial charge in [-0.05, 0) is 30.5 Å². The number of carbonyl (C=O) groups excluding carboxylic acids is 1. The van der Waals surface area contributed by atoms with E-state index in [-0.39, 0.29) is 5.91 Å².